The first kappa shape index (κ1) is 18.5. The maximum absolute atomic E-state index is 12.7. The Labute approximate surface area is 158 Å². The van der Waals surface area contributed by atoms with Gasteiger partial charge in [-0.05, 0) is 43.5 Å². The summed E-state index contributed by atoms with van der Waals surface area (Å²) in [6.45, 7) is 2.73. The van der Waals surface area contributed by atoms with Crippen molar-refractivity contribution in [1.82, 2.24) is 9.80 Å². The van der Waals surface area contributed by atoms with Crippen molar-refractivity contribution in [2.24, 2.45) is 17.6 Å². The quantitative estimate of drug-likeness (QED) is 0.872. The van der Waals surface area contributed by atoms with Crippen LogP contribution in [0.2, 0.25) is 10.0 Å². The second-order valence-corrected chi connectivity index (χ2v) is 7.62. The number of carbonyl (C=O) groups excluding carboxylic acids is 2. The van der Waals surface area contributed by atoms with E-state index in [4.69, 9.17) is 28.9 Å². The van der Waals surface area contributed by atoms with Crippen molar-refractivity contribution < 1.29 is 9.59 Å². The van der Waals surface area contributed by atoms with Crippen LogP contribution in [0, 0.1) is 11.8 Å². The van der Waals surface area contributed by atoms with Gasteiger partial charge in [-0.3, -0.25) is 9.59 Å². The minimum Gasteiger partial charge on any atom is -0.339 e. The smallest absolute Gasteiger partial charge is 0.255 e. The van der Waals surface area contributed by atoms with Crippen molar-refractivity contribution in [1.29, 1.82) is 0 Å². The molecular weight excluding hydrogens is 361 g/mol. The Hall–Kier alpha value is -1.30. The predicted molar refractivity (Wildman–Crippen MR) is 98.8 cm³/mol. The molecule has 1 saturated heterocycles. The fourth-order valence-corrected chi connectivity index (χ4v) is 4.33. The second kappa shape index (κ2) is 7.94. The third-order valence-corrected chi connectivity index (χ3v) is 5.87. The van der Waals surface area contributed by atoms with Crippen molar-refractivity contribution in [2.75, 3.05) is 32.7 Å². The first-order valence-electron chi connectivity index (χ1n) is 8.74. The normalized spacial score (nSPS) is 23.8. The van der Waals surface area contributed by atoms with E-state index in [1.54, 1.807) is 23.1 Å². The molecule has 1 aromatic carbocycles. The molecule has 136 valence electrons. The second-order valence-electron chi connectivity index (χ2n) is 6.77. The molecule has 5 nitrogen and oxygen atoms in total. The van der Waals surface area contributed by atoms with Gasteiger partial charge < -0.3 is 15.5 Å². The highest BCUT2D eigenvalue weighted by Gasteiger charge is 2.36. The molecule has 2 fully saturated rings. The lowest BCUT2D eigenvalue weighted by Crippen LogP contribution is -2.52. The highest BCUT2D eigenvalue weighted by Crippen LogP contribution is 2.32. The van der Waals surface area contributed by atoms with Crippen LogP contribution in [0.5, 0.6) is 0 Å². The largest absolute Gasteiger partial charge is 0.339 e. The van der Waals surface area contributed by atoms with E-state index in [9.17, 15) is 9.59 Å². The summed E-state index contributed by atoms with van der Waals surface area (Å²) in [7, 11) is 0. The molecule has 0 spiro atoms. The number of hydrogen-bond acceptors (Lipinski definition) is 3. The number of nitrogens with zero attached hydrogens (tertiary/aromatic N) is 2. The molecule has 2 aliphatic rings. The van der Waals surface area contributed by atoms with Gasteiger partial charge in [-0.15, -0.1) is 0 Å². The zero-order chi connectivity index (χ0) is 18.0. The molecule has 7 heteroatoms. The number of piperazine rings is 1. The van der Waals surface area contributed by atoms with Crippen LogP contribution in [0.3, 0.4) is 0 Å². The molecule has 0 bridgehead atoms. The standard InChI is InChI=1S/C18H23Cl2N3O2/c19-13-4-5-15(16(20)10-13)18(25)23-8-6-22(7-9-23)17(24)14-3-1-2-12(14)11-21/h4-5,10,12,14H,1-3,6-9,11,21H2/t12-,14-/m1/s1. The maximum atomic E-state index is 12.7. The van der Waals surface area contributed by atoms with Gasteiger partial charge in [-0.2, -0.15) is 0 Å². The highest BCUT2D eigenvalue weighted by atomic mass is 35.5. The third kappa shape index (κ3) is 3.94. The fraction of sp³-hybridized carbons (Fsp3) is 0.556. The molecule has 2 atom stereocenters. The Balaban J connectivity index is 1.60. The van der Waals surface area contributed by atoms with Gasteiger partial charge >= 0.3 is 0 Å². The van der Waals surface area contributed by atoms with Gasteiger partial charge in [-0.25, -0.2) is 0 Å². The van der Waals surface area contributed by atoms with E-state index in [1.165, 1.54) is 0 Å². The molecule has 2 amide bonds. The zero-order valence-corrected chi connectivity index (χ0v) is 15.6. The average molecular weight is 384 g/mol. The summed E-state index contributed by atoms with van der Waals surface area (Å²) in [6, 6.07) is 4.88. The molecule has 25 heavy (non-hydrogen) atoms. The van der Waals surface area contributed by atoms with Crippen molar-refractivity contribution in [3.05, 3.63) is 33.8 Å². The average Bonchev–Trinajstić information content (AvgIpc) is 3.09. The molecule has 1 saturated carbocycles. The number of amides is 2. The lowest BCUT2D eigenvalue weighted by molar-refractivity contribution is -0.138. The summed E-state index contributed by atoms with van der Waals surface area (Å²) in [5.41, 5.74) is 6.25. The van der Waals surface area contributed by atoms with Crippen LogP contribution in [0.15, 0.2) is 18.2 Å². The van der Waals surface area contributed by atoms with Crippen molar-refractivity contribution >= 4 is 35.0 Å². The minimum absolute atomic E-state index is 0.0537. The molecule has 1 aliphatic carbocycles. The van der Waals surface area contributed by atoms with E-state index in [0.717, 1.165) is 19.3 Å². The number of halogens is 2. The Morgan fingerprint density at radius 1 is 1.08 bits per heavy atom. The third-order valence-electron chi connectivity index (χ3n) is 5.32. The summed E-state index contributed by atoms with van der Waals surface area (Å²) >= 11 is 12.0. The summed E-state index contributed by atoms with van der Waals surface area (Å²) in [5, 5.41) is 0.857. The Bertz CT molecular complexity index is 660. The molecule has 0 radical (unpaired) electrons. The summed E-state index contributed by atoms with van der Waals surface area (Å²) < 4.78 is 0. The van der Waals surface area contributed by atoms with Gasteiger partial charge in [-0.1, -0.05) is 29.6 Å². The predicted octanol–water partition coefficient (Wildman–Crippen LogP) is 2.65. The molecule has 3 rings (SSSR count). The van der Waals surface area contributed by atoms with Gasteiger partial charge in [0.1, 0.15) is 0 Å². The topological polar surface area (TPSA) is 66.6 Å². The lowest BCUT2D eigenvalue weighted by Gasteiger charge is -2.37. The number of benzene rings is 1. The number of hydrogen-bond donors (Lipinski definition) is 1. The van der Waals surface area contributed by atoms with E-state index >= 15 is 0 Å². The molecule has 1 aliphatic heterocycles. The van der Waals surface area contributed by atoms with E-state index in [-0.39, 0.29) is 17.7 Å². The molecule has 0 aromatic heterocycles. The Morgan fingerprint density at radius 3 is 2.40 bits per heavy atom. The number of carbonyl (C=O) groups is 2. The van der Waals surface area contributed by atoms with E-state index in [0.29, 0.717) is 54.3 Å². The van der Waals surface area contributed by atoms with Crippen molar-refractivity contribution in [3.8, 4) is 0 Å². The van der Waals surface area contributed by atoms with Crippen LogP contribution in [0.25, 0.3) is 0 Å². The zero-order valence-electron chi connectivity index (χ0n) is 14.1. The maximum Gasteiger partial charge on any atom is 0.255 e. The van der Waals surface area contributed by atoms with Crippen LogP contribution in [0.4, 0.5) is 0 Å². The van der Waals surface area contributed by atoms with E-state index < -0.39 is 0 Å². The van der Waals surface area contributed by atoms with Crippen molar-refractivity contribution in [3.63, 3.8) is 0 Å². The summed E-state index contributed by atoms with van der Waals surface area (Å²) in [6.07, 6.45) is 3.05. The molecule has 1 aromatic rings. The summed E-state index contributed by atoms with van der Waals surface area (Å²) in [5.74, 6) is 0.442. The van der Waals surface area contributed by atoms with Gasteiger partial charge in [0.25, 0.3) is 5.91 Å². The lowest BCUT2D eigenvalue weighted by atomic mass is 9.94. The van der Waals surface area contributed by atoms with Gasteiger partial charge in [0.05, 0.1) is 10.6 Å². The van der Waals surface area contributed by atoms with Crippen LogP contribution >= 0.6 is 23.2 Å². The van der Waals surface area contributed by atoms with Crippen molar-refractivity contribution in [2.45, 2.75) is 19.3 Å². The van der Waals surface area contributed by atoms with Crippen LogP contribution in [-0.2, 0) is 4.79 Å². The Morgan fingerprint density at radius 2 is 1.76 bits per heavy atom. The first-order chi connectivity index (χ1) is 12.0. The van der Waals surface area contributed by atoms with Gasteiger partial charge in [0.15, 0.2) is 0 Å². The molecule has 0 unspecified atom stereocenters. The molecule has 2 N–H and O–H groups in total. The SMILES string of the molecule is NC[C@H]1CCC[C@H]1C(=O)N1CCN(C(=O)c2ccc(Cl)cc2Cl)CC1. The van der Waals surface area contributed by atoms with Gasteiger partial charge in [0, 0.05) is 37.1 Å². The number of nitrogens with two attached hydrogens (primary N) is 1. The van der Waals surface area contributed by atoms with Crippen LogP contribution in [-0.4, -0.2) is 54.3 Å². The van der Waals surface area contributed by atoms with E-state index in [1.807, 2.05) is 4.90 Å². The number of rotatable bonds is 3. The monoisotopic (exact) mass is 383 g/mol. The molecular formula is C18H23Cl2N3O2. The summed E-state index contributed by atoms with van der Waals surface area (Å²) in [4.78, 5) is 29.0. The Kier molecular flexibility index (Phi) is 5.87. The van der Waals surface area contributed by atoms with Crippen LogP contribution < -0.4 is 5.73 Å². The highest BCUT2D eigenvalue weighted by molar-refractivity contribution is 6.36. The van der Waals surface area contributed by atoms with E-state index in [2.05, 4.69) is 0 Å². The fourth-order valence-electron chi connectivity index (χ4n) is 3.84. The minimum atomic E-state index is -0.116. The first-order valence-corrected chi connectivity index (χ1v) is 9.50. The van der Waals surface area contributed by atoms with Gasteiger partial charge in [0.2, 0.25) is 5.91 Å². The molecule has 1 heterocycles. The van der Waals surface area contributed by atoms with Crippen LogP contribution in [0.1, 0.15) is 29.6 Å².